The first kappa shape index (κ1) is 41.1. The molecule has 0 aliphatic carbocycles. The van der Waals surface area contributed by atoms with Crippen molar-refractivity contribution < 1.29 is 33.6 Å². The number of pyridine rings is 2. The molecule has 0 saturated heterocycles. The molecule has 57 heavy (non-hydrogen) atoms. The van der Waals surface area contributed by atoms with Crippen LogP contribution in [0, 0.1) is 13.8 Å². The van der Waals surface area contributed by atoms with Gasteiger partial charge < -0.3 is 9.47 Å². The first-order chi connectivity index (χ1) is 27.5. The number of hydrogen-bond donors (Lipinski definition) is 4. The second-order valence-corrected chi connectivity index (χ2v) is 11.9. The van der Waals surface area contributed by atoms with E-state index in [2.05, 4.69) is 66.0 Å². The summed E-state index contributed by atoms with van der Waals surface area (Å²) >= 11 is 0. The van der Waals surface area contributed by atoms with Crippen LogP contribution in [0.4, 0.5) is 20.7 Å². The number of methoxy groups -OCH3 is 1. The molecule has 6 heterocycles. The highest BCUT2D eigenvalue weighted by atomic mass is 19.3. The molecule has 0 aliphatic rings. The minimum absolute atomic E-state index is 0. The lowest BCUT2D eigenvalue weighted by molar-refractivity contribution is -0.121. The van der Waals surface area contributed by atoms with Gasteiger partial charge in [0.15, 0.2) is 11.6 Å². The molecule has 2 amide bonds. The molecule has 0 aliphatic heterocycles. The molecule has 7 rings (SSSR count). The van der Waals surface area contributed by atoms with E-state index in [1.165, 1.54) is 4.52 Å². The maximum Gasteiger partial charge on any atom is 0.305 e. The van der Waals surface area contributed by atoms with E-state index in [0.29, 0.717) is 53.5 Å². The maximum absolute atomic E-state index is 13.6. The van der Waals surface area contributed by atoms with Crippen LogP contribution in [-0.4, -0.2) is 85.4 Å². The first-order valence-electron chi connectivity index (χ1n) is 17.6. The summed E-state index contributed by atoms with van der Waals surface area (Å²) in [5.41, 5.74) is 3.70. The summed E-state index contributed by atoms with van der Waals surface area (Å²) in [5.74, 6) is -2.58. The van der Waals surface area contributed by atoms with E-state index in [1.807, 2.05) is 56.3 Å². The van der Waals surface area contributed by atoms with Crippen molar-refractivity contribution in [1.82, 2.24) is 59.9 Å². The lowest BCUT2D eigenvalue weighted by Crippen LogP contribution is -2.19. The molecular weight excluding hydrogens is 742 g/mol. The topological polar surface area (TPSA) is 229 Å². The van der Waals surface area contributed by atoms with Crippen LogP contribution < -0.4 is 15.4 Å². The molecule has 304 valence electrons. The summed E-state index contributed by atoms with van der Waals surface area (Å²) in [7, 11) is 1.60. The number of carbonyl (C=O) groups is 2. The fourth-order valence-corrected chi connectivity index (χ4v) is 5.03. The van der Waals surface area contributed by atoms with Crippen molar-refractivity contribution in [2.45, 2.75) is 53.6 Å². The zero-order valence-corrected chi connectivity index (χ0v) is 31.9. The van der Waals surface area contributed by atoms with Crippen molar-refractivity contribution in [2.75, 3.05) is 24.4 Å². The summed E-state index contributed by atoms with van der Waals surface area (Å²) < 4.78 is 38.9. The van der Waals surface area contributed by atoms with E-state index < -0.39 is 17.7 Å². The van der Waals surface area contributed by atoms with Crippen LogP contribution in [0.15, 0.2) is 73.1 Å². The monoisotopic (exact) mass is 790 g/mol. The Morgan fingerprint density at radius 1 is 0.842 bits per heavy atom. The molecule has 0 bridgehead atoms. The summed E-state index contributed by atoms with van der Waals surface area (Å²) in [6.07, 6.45) is 3.21. The number of rotatable bonds is 12. The van der Waals surface area contributed by atoms with Crippen molar-refractivity contribution in [3.63, 3.8) is 0 Å². The highest BCUT2D eigenvalue weighted by Crippen LogP contribution is 2.25. The van der Waals surface area contributed by atoms with E-state index in [0.717, 1.165) is 11.3 Å². The molecule has 7 aromatic rings. The van der Waals surface area contributed by atoms with Gasteiger partial charge in [0.1, 0.15) is 23.7 Å². The molecule has 0 fully saturated rings. The number of hydrogen-bond acceptors (Lipinski definition) is 13. The van der Waals surface area contributed by atoms with Crippen molar-refractivity contribution in [2.24, 2.45) is 0 Å². The SMILES string of the molecule is CC.COc1cccc(COCC(=O)Nc2n[nH]c(-c3ccccn3)n2)c1.Cc1nc2nc(C(C)(F)F)nn2c(C)c1CC(=O)Nc1n[nH]c(-c2ccccn2)n1.[HH].[HH].[HH].[HH]. The number of alkyl halides is 2. The molecular formula is C37H48F2N14O4. The molecule has 0 unspecified atom stereocenters. The maximum atomic E-state index is 13.6. The lowest BCUT2D eigenvalue weighted by atomic mass is 10.1. The van der Waals surface area contributed by atoms with Crippen LogP contribution in [0.2, 0.25) is 0 Å². The average molecular weight is 791 g/mol. The molecule has 1 aromatic carbocycles. The Morgan fingerprint density at radius 2 is 1.46 bits per heavy atom. The third-order valence-electron chi connectivity index (χ3n) is 7.70. The van der Waals surface area contributed by atoms with Crippen LogP contribution >= 0.6 is 0 Å². The predicted octanol–water partition coefficient (Wildman–Crippen LogP) is 6.25. The predicted molar refractivity (Wildman–Crippen MR) is 212 cm³/mol. The normalized spacial score (nSPS) is 10.9. The summed E-state index contributed by atoms with van der Waals surface area (Å²) in [4.78, 5) is 49.1. The van der Waals surface area contributed by atoms with Gasteiger partial charge in [0.05, 0.1) is 20.1 Å². The second kappa shape index (κ2) is 19.0. The van der Waals surface area contributed by atoms with Crippen LogP contribution in [0.3, 0.4) is 0 Å². The number of carbonyl (C=O) groups excluding carboxylic acids is 2. The number of ether oxygens (including phenoxy) is 2. The molecule has 0 radical (unpaired) electrons. The van der Waals surface area contributed by atoms with Gasteiger partial charge >= 0.3 is 5.92 Å². The molecule has 0 atom stereocenters. The smallest absolute Gasteiger partial charge is 0.305 e. The second-order valence-electron chi connectivity index (χ2n) is 11.9. The minimum atomic E-state index is -3.19. The number of anilines is 2. The van der Waals surface area contributed by atoms with Crippen molar-refractivity contribution in [3.05, 3.63) is 101 Å². The molecule has 4 N–H and O–H groups in total. The first-order valence-corrected chi connectivity index (χ1v) is 17.6. The number of aromatic amines is 2. The molecule has 0 saturated carbocycles. The number of nitrogens with one attached hydrogen (secondary N) is 4. The number of H-pyrrole nitrogens is 2. The van der Waals surface area contributed by atoms with Gasteiger partial charge in [0, 0.05) is 42.0 Å². The Morgan fingerprint density at radius 3 is 2.02 bits per heavy atom. The van der Waals surface area contributed by atoms with Gasteiger partial charge in [-0.3, -0.25) is 40.4 Å². The Hall–Kier alpha value is -7.09. The summed E-state index contributed by atoms with van der Waals surface area (Å²) in [6, 6.07) is 18.2. The number of benzene rings is 1. The highest BCUT2D eigenvalue weighted by molar-refractivity contribution is 5.91. The number of fused-ring (bicyclic) bond motifs is 1. The standard InChI is InChI=1S/C18H17F2N9O.C17H17N5O3.C2H6.4H2/c1-9-11(10(2)29-17(22-9)25-15(28-29)18(3,19)20)8-13(30)23-16-24-14(26-27-16)12-6-4-5-7-21-12;1-24-13-6-4-5-12(9-13)10-25-11-15(23)19-17-20-16(21-22-17)14-7-2-3-8-18-14;1-2;;;;/h4-7H,8H2,1-3H3,(H2,23,24,26,27,30);2-9H,10-11H2,1H3,(H2,19,20,21,22,23);1-2H3;4*1H. The molecule has 18 nitrogen and oxygen atoms in total. The Kier molecular flexibility index (Phi) is 13.7. The van der Waals surface area contributed by atoms with Gasteiger partial charge in [-0.05, 0) is 55.8 Å². The Bertz CT molecular complexity index is 2420. The van der Waals surface area contributed by atoms with Crippen LogP contribution in [0.1, 0.15) is 54.8 Å². The van der Waals surface area contributed by atoms with E-state index in [4.69, 9.17) is 9.47 Å². The number of aromatic nitrogens is 12. The summed E-state index contributed by atoms with van der Waals surface area (Å²) in [6.45, 7) is 8.26. The Balaban J connectivity index is 0.000000559. The highest BCUT2D eigenvalue weighted by Gasteiger charge is 2.31. The fraction of sp³-hybridized carbons (Fsp3) is 0.270. The number of nitrogens with zero attached hydrogens (tertiary/aromatic N) is 10. The van der Waals surface area contributed by atoms with Crippen molar-refractivity contribution in [1.29, 1.82) is 0 Å². The molecule has 20 heteroatoms. The van der Waals surface area contributed by atoms with Gasteiger partial charge in [0.2, 0.25) is 23.6 Å². The van der Waals surface area contributed by atoms with Gasteiger partial charge in [-0.2, -0.15) is 23.7 Å². The number of amides is 2. The zero-order valence-electron chi connectivity index (χ0n) is 31.9. The average Bonchev–Trinajstić information content (AvgIpc) is 3.99. The zero-order chi connectivity index (χ0) is 41.0. The van der Waals surface area contributed by atoms with Crippen LogP contribution in [0.5, 0.6) is 5.75 Å². The van der Waals surface area contributed by atoms with Crippen molar-refractivity contribution in [3.8, 4) is 28.8 Å². The lowest BCUT2D eigenvalue weighted by Gasteiger charge is -2.09. The number of halogens is 2. The van der Waals surface area contributed by atoms with Gasteiger partial charge in [0.25, 0.3) is 11.7 Å². The third-order valence-corrected chi connectivity index (χ3v) is 7.70. The molecule has 0 spiro atoms. The minimum Gasteiger partial charge on any atom is -0.497 e. The van der Waals surface area contributed by atoms with Gasteiger partial charge in [-0.25, -0.2) is 9.50 Å². The summed E-state index contributed by atoms with van der Waals surface area (Å²) in [5, 5.41) is 22.4. The van der Waals surface area contributed by atoms with E-state index in [1.54, 1.807) is 51.6 Å². The largest absolute Gasteiger partial charge is 0.497 e. The van der Waals surface area contributed by atoms with Gasteiger partial charge in [-0.1, -0.05) is 38.1 Å². The van der Waals surface area contributed by atoms with Crippen molar-refractivity contribution >= 4 is 29.5 Å². The number of aryl methyl sites for hydroxylation is 2. The fourth-order valence-electron chi connectivity index (χ4n) is 5.03. The van der Waals surface area contributed by atoms with Crippen LogP contribution in [-0.2, 0) is 33.3 Å². The third kappa shape index (κ3) is 11.0. The Labute approximate surface area is 330 Å². The van der Waals surface area contributed by atoms with E-state index >= 15 is 0 Å². The van der Waals surface area contributed by atoms with Crippen LogP contribution in [0.25, 0.3) is 28.8 Å². The van der Waals surface area contributed by atoms with E-state index in [-0.39, 0.29) is 42.3 Å². The quantitative estimate of drug-likeness (QED) is 0.107. The molecule has 6 aromatic heterocycles. The van der Waals surface area contributed by atoms with E-state index in [9.17, 15) is 18.4 Å². The van der Waals surface area contributed by atoms with Gasteiger partial charge in [-0.15, -0.1) is 15.3 Å².